The minimum Gasteiger partial charge on any atom is -0.308 e. The summed E-state index contributed by atoms with van der Waals surface area (Å²) in [6.07, 6.45) is 4.12. The quantitative estimate of drug-likeness (QED) is 0.180. The summed E-state index contributed by atoms with van der Waals surface area (Å²) in [6.45, 7) is 0. The van der Waals surface area contributed by atoms with Gasteiger partial charge >= 0.3 is 0 Å². The van der Waals surface area contributed by atoms with Crippen LogP contribution in [0.5, 0.6) is 0 Å². The molecule has 0 atom stereocenters. The number of aromatic nitrogens is 1. The molecule has 0 unspecified atom stereocenters. The van der Waals surface area contributed by atoms with Crippen molar-refractivity contribution in [2.45, 2.75) is 5.41 Å². The van der Waals surface area contributed by atoms with Crippen molar-refractivity contribution < 1.29 is 0 Å². The summed E-state index contributed by atoms with van der Waals surface area (Å²) in [5.74, 6) is 0. The van der Waals surface area contributed by atoms with Gasteiger partial charge in [0.1, 0.15) is 0 Å². The van der Waals surface area contributed by atoms with E-state index in [2.05, 4.69) is 193 Å². The standard InChI is InChI=1S/C52H32N2S/c1-2-13-33(14-3-1)34-25-28-36(29-26-34)54(47-31-53-32-48-50(47)41-30-27-35-15-4-5-16-37(35)51(41)55-48)46-24-12-23-45-49(46)40-19-8-11-22-44(40)52(45)42-20-9-6-17-38(42)39-18-7-10-21-43(39)52/h1-32H. The van der Waals surface area contributed by atoms with Crippen LogP contribution in [0.4, 0.5) is 17.1 Å². The minimum absolute atomic E-state index is 0.434. The highest BCUT2D eigenvalue weighted by Crippen LogP contribution is 2.64. The fraction of sp³-hybridized carbons (Fsp3) is 0.0192. The molecule has 0 fully saturated rings. The van der Waals surface area contributed by atoms with Crippen molar-refractivity contribution in [2.75, 3.05) is 4.90 Å². The third-order valence-corrected chi connectivity index (χ3v) is 13.1. The maximum atomic E-state index is 4.96. The Balaban J connectivity index is 1.18. The van der Waals surface area contributed by atoms with Crippen molar-refractivity contribution in [1.29, 1.82) is 0 Å². The molecule has 0 aliphatic heterocycles. The molecule has 0 radical (unpaired) electrons. The Morgan fingerprint density at radius 1 is 0.436 bits per heavy atom. The first kappa shape index (κ1) is 30.6. The van der Waals surface area contributed by atoms with Gasteiger partial charge in [0.15, 0.2) is 0 Å². The fourth-order valence-electron chi connectivity index (χ4n) is 9.76. The molecule has 0 amide bonds. The second kappa shape index (κ2) is 11.6. The van der Waals surface area contributed by atoms with Crippen molar-refractivity contribution in [3.8, 4) is 33.4 Å². The lowest BCUT2D eigenvalue weighted by Crippen LogP contribution is -2.26. The van der Waals surface area contributed by atoms with Crippen molar-refractivity contribution in [3.63, 3.8) is 0 Å². The fourth-order valence-corrected chi connectivity index (χ4v) is 11.0. The first-order valence-electron chi connectivity index (χ1n) is 18.9. The average Bonchev–Trinajstić information content (AvgIpc) is 3.90. The molecular formula is C52H32N2S. The molecule has 12 rings (SSSR count). The zero-order valence-electron chi connectivity index (χ0n) is 29.8. The van der Waals surface area contributed by atoms with Gasteiger partial charge in [0.25, 0.3) is 0 Å². The van der Waals surface area contributed by atoms with Gasteiger partial charge in [0.05, 0.1) is 27.7 Å². The van der Waals surface area contributed by atoms with Crippen LogP contribution in [0, 0.1) is 0 Å². The molecule has 2 aromatic heterocycles. The third-order valence-electron chi connectivity index (χ3n) is 12.0. The zero-order chi connectivity index (χ0) is 36.1. The Labute approximate surface area is 323 Å². The molecule has 0 saturated carbocycles. The summed E-state index contributed by atoms with van der Waals surface area (Å²) in [5.41, 5.74) is 15.8. The van der Waals surface area contributed by atoms with Gasteiger partial charge in [0.2, 0.25) is 0 Å². The van der Waals surface area contributed by atoms with Gasteiger partial charge in [0, 0.05) is 32.9 Å². The minimum atomic E-state index is -0.434. The average molecular weight is 717 g/mol. The maximum absolute atomic E-state index is 4.96. The zero-order valence-corrected chi connectivity index (χ0v) is 30.6. The smallest absolute Gasteiger partial charge is 0.0738 e. The molecule has 2 nitrogen and oxygen atoms in total. The van der Waals surface area contributed by atoms with E-state index in [1.165, 1.54) is 86.6 Å². The summed E-state index contributed by atoms with van der Waals surface area (Å²) in [4.78, 5) is 7.44. The molecule has 2 aliphatic rings. The lowest BCUT2D eigenvalue weighted by molar-refractivity contribution is 0.794. The highest BCUT2D eigenvalue weighted by Gasteiger charge is 2.52. The van der Waals surface area contributed by atoms with Crippen LogP contribution < -0.4 is 4.90 Å². The number of nitrogens with zero attached hydrogens (tertiary/aromatic N) is 2. The lowest BCUT2D eigenvalue weighted by atomic mass is 9.70. The number of pyridine rings is 1. The Kier molecular flexibility index (Phi) is 6.46. The van der Waals surface area contributed by atoms with Crippen LogP contribution in [0.15, 0.2) is 194 Å². The molecule has 55 heavy (non-hydrogen) atoms. The Morgan fingerprint density at radius 2 is 1.05 bits per heavy atom. The van der Waals surface area contributed by atoms with Crippen molar-refractivity contribution in [3.05, 3.63) is 217 Å². The second-order valence-corrected chi connectivity index (χ2v) is 15.7. The van der Waals surface area contributed by atoms with E-state index in [9.17, 15) is 0 Å². The Hall–Kier alpha value is -6.81. The van der Waals surface area contributed by atoms with Gasteiger partial charge in [-0.25, -0.2) is 0 Å². The number of anilines is 3. The monoisotopic (exact) mass is 716 g/mol. The van der Waals surface area contributed by atoms with E-state index in [4.69, 9.17) is 4.98 Å². The van der Waals surface area contributed by atoms with Gasteiger partial charge in [-0.1, -0.05) is 164 Å². The van der Waals surface area contributed by atoms with Crippen LogP contribution in [-0.4, -0.2) is 4.98 Å². The predicted molar refractivity (Wildman–Crippen MR) is 231 cm³/mol. The molecular weight excluding hydrogens is 685 g/mol. The van der Waals surface area contributed by atoms with Crippen LogP contribution in [-0.2, 0) is 5.41 Å². The lowest BCUT2D eigenvalue weighted by Gasteiger charge is -2.32. The van der Waals surface area contributed by atoms with E-state index in [1.54, 1.807) is 0 Å². The van der Waals surface area contributed by atoms with E-state index >= 15 is 0 Å². The van der Waals surface area contributed by atoms with E-state index in [0.29, 0.717) is 0 Å². The summed E-state index contributed by atoms with van der Waals surface area (Å²) < 4.78 is 2.47. The van der Waals surface area contributed by atoms with Crippen molar-refractivity contribution >= 4 is 59.3 Å². The van der Waals surface area contributed by atoms with Gasteiger partial charge in [-0.15, -0.1) is 11.3 Å². The highest BCUT2D eigenvalue weighted by atomic mass is 32.1. The third kappa shape index (κ3) is 4.16. The topological polar surface area (TPSA) is 16.1 Å². The molecule has 0 bridgehead atoms. The predicted octanol–water partition coefficient (Wildman–Crippen LogP) is 14.1. The van der Waals surface area contributed by atoms with Crippen LogP contribution >= 0.6 is 11.3 Å². The number of thiophene rings is 1. The molecule has 8 aromatic carbocycles. The highest BCUT2D eigenvalue weighted by molar-refractivity contribution is 7.26. The number of fused-ring (bicyclic) bond motifs is 15. The van der Waals surface area contributed by atoms with Gasteiger partial charge in [-0.05, 0) is 79.0 Å². The largest absolute Gasteiger partial charge is 0.308 e. The van der Waals surface area contributed by atoms with E-state index in [1.807, 2.05) is 17.5 Å². The van der Waals surface area contributed by atoms with E-state index in [0.717, 1.165) is 17.1 Å². The number of rotatable bonds is 4. The maximum Gasteiger partial charge on any atom is 0.0738 e. The Bertz CT molecular complexity index is 3110. The van der Waals surface area contributed by atoms with Gasteiger partial charge < -0.3 is 4.90 Å². The molecule has 256 valence electrons. The first-order chi connectivity index (χ1) is 27.3. The molecule has 1 spiro atoms. The van der Waals surface area contributed by atoms with Crippen LogP contribution in [0.1, 0.15) is 22.3 Å². The van der Waals surface area contributed by atoms with Crippen molar-refractivity contribution in [2.24, 2.45) is 0 Å². The summed E-state index contributed by atoms with van der Waals surface area (Å²) in [7, 11) is 0. The number of benzene rings is 8. The summed E-state index contributed by atoms with van der Waals surface area (Å²) in [5, 5.41) is 5.01. The Morgan fingerprint density at radius 3 is 1.82 bits per heavy atom. The molecule has 0 saturated heterocycles. The second-order valence-electron chi connectivity index (χ2n) is 14.6. The summed E-state index contributed by atoms with van der Waals surface area (Å²) in [6, 6.07) is 67.1. The summed E-state index contributed by atoms with van der Waals surface area (Å²) >= 11 is 1.84. The molecule has 2 heterocycles. The molecule has 10 aromatic rings. The molecule has 3 heteroatoms. The van der Waals surface area contributed by atoms with Gasteiger partial charge in [-0.3, -0.25) is 4.98 Å². The SMILES string of the molecule is c1ccc(-c2ccc(N(c3cccc4c3-c3ccccc3C43c4ccccc4-c4ccccc43)c3cncc4sc5c6ccccc6ccc5c34)cc2)cc1. The van der Waals surface area contributed by atoms with E-state index < -0.39 is 5.41 Å². The first-order valence-corrected chi connectivity index (χ1v) is 19.7. The van der Waals surface area contributed by atoms with Gasteiger partial charge in [-0.2, -0.15) is 0 Å². The molecule has 0 N–H and O–H groups in total. The number of hydrogen-bond donors (Lipinski definition) is 0. The van der Waals surface area contributed by atoms with Crippen LogP contribution in [0.2, 0.25) is 0 Å². The normalized spacial score (nSPS) is 13.2. The number of hydrogen-bond acceptors (Lipinski definition) is 3. The van der Waals surface area contributed by atoms with Crippen LogP contribution in [0.3, 0.4) is 0 Å². The van der Waals surface area contributed by atoms with Crippen LogP contribution in [0.25, 0.3) is 64.3 Å². The van der Waals surface area contributed by atoms with Crippen molar-refractivity contribution in [1.82, 2.24) is 4.98 Å². The molecule has 2 aliphatic carbocycles. The van der Waals surface area contributed by atoms with E-state index in [-0.39, 0.29) is 0 Å².